The molecular weight excluding hydrogens is 353 g/mol. The van der Waals surface area contributed by atoms with Crippen LogP contribution in [-0.2, 0) is 23.5 Å². The van der Waals surface area contributed by atoms with Crippen LogP contribution < -0.4 is 4.72 Å². The Bertz CT molecular complexity index is 980. The summed E-state index contributed by atoms with van der Waals surface area (Å²) < 4.78 is 43.4. The average Bonchev–Trinajstić information content (AvgIpc) is 3.06. The SMILES string of the molecule is CCc1ccc(S(=O)(=O)NC(c2ccc(F)cc2)c2nccn2C)cc1. The number of imidazole rings is 1. The molecule has 7 heteroatoms. The molecule has 0 fully saturated rings. The van der Waals surface area contributed by atoms with E-state index in [2.05, 4.69) is 9.71 Å². The standard InChI is InChI=1S/C19H20FN3O2S/c1-3-14-4-10-17(11-5-14)26(24,25)22-18(19-21-12-13-23(19)2)15-6-8-16(20)9-7-15/h4-13,18,22H,3H2,1-2H3. The first-order valence-electron chi connectivity index (χ1n) is 8.24. The number of nitrogens with one attached hydrogen (secondary N) is 1. The summed E-state index contributed by atoms with van der Waals surface area (Å²) in [5.41, 5.74) is 1.66. The summed E-state index contributed by atoms with van der Waals surface area (Å²) in [6.45, 7) is 2.01. The van der Waals surface area contributed by atoms with Crippen molar-refractivity contribution in [3.63, 3.8) is 0 Å². The number of rotatable bonds is 6. The molecule has 136 valence electrons. The summed E-state index contributed by atoms with van der Waals surface area (Å²) in [5.74, 6) is 0.135. The summed E-state index contributed by atoms with van der Waals surface area (Å²) in [6, 6.07) is 11.7. The number of aromatic nitrogens is 2. The molecule has 0 bridgehead atoms. The number of benzene rings is 2. The molecule has 1 N–H and O–H groups in total. The van der Waals surface area contributed by atoms with Crippen LogP contribution >= 0.6 is 0 Å². The van der Waals surface area contributed by atoms with E-state index in [4.69, 9.17) is 0 Å². The lowest BCUT2D eigenvalue weighted by molar-refractivity contribution is 0.562. The van der Waals surface area contributed by atoms with E-state index in [9.17, 15) is 12.8 Å². The van der Waals surface area contributed by atoms with Crippen molar-refractivity contribution in [1.29, 1.82) is 0 Å². The van der Waals surface area contributed by atoms with Crippen LogP contribution in [0.5, 0.6) is 0 Å². The van der Waals surface area contributed by atoms with Crippen molar-refractivity contribution in [2.45, 2.75) is 24.3 Å². The second-order valence-electron chi connectivity index (χ2n) is 6.00. The monoisotopic (exact) mass is 373 g/mol. The number of aryl methyl sites for hydroxylation is 2. The van der Waals surface area contributed by atoms with Crippen LogP contribution in [0.25, 0.3) is 0 Å². The zero-order valence-electron chi connectivity index (χ0n) is 14.6. The average molecular weight is 373 g/mol. The first-order chi connectivity index (χ1) is 12.4. The third kappa shape index (κ3) is 3.84. The third-order valence-electron chi connectivity index (χ3n) is 4.23. The van der Waals surface area contributed by atoms with Crippen molar-refractivity contribution in [3.05, 3.63) is 83.7 Å². The fraction of sp³-hybridized carbons (Fsp3) is 0.211. The molecule has 1 heterocycles. The zero-order chi connectivity index (χ0) is 18.7. The summed E-state index contributed by atoms with van der Waals surface area (Å²) in [7, 11) is -2.00. The van der Waals surface area contributed by atoms with Gasteiger partial charge in [-0.2, -0.15) is 4.72 Å². The molecule has 0 spiro atoms. The molecule has 5 nitrogen and oxygen atoms in total. The van der Waals surface area contributed by atoms with Crippen LogP contribution in [-0.4, -0.2) is 18.0 Å². The predicted molar refractivity (Wildman–Crippen MR) is 97.6 cm³/mol. The first kappa shape index (κ1) is 18.3. The van der Waals surface area contributed by atoms with Crippen molar-refractivity contribution in [1.82, 2.24) is 14.3 Å². The van der Waals surface area contributed by atoms with Gasteiger partial charge in [-0.05, 0) is 41.8 Å². The Morgan fingerprint density at radius 2 is 1.77 bits per heavy atom. The molecule has 0 aliphatic rings. The largest absolute Gasteiger partial charge is 0.336 e. The Morgan fingerprint density at radius 1 is 1.12 bits per heavy atom. The predicted octanol–water partition coefficient (Wildman–Crippen LogP) is 3.19. The van der Waals surface area contributed by atoms with Gasteiger partial charge < -0.3 is 4.57 Å². The molecule has 1 aromatic heterocycles. The molecule has 0 amide bonds. The molecule has 3 aromatic rings. The Morgan fingerprint density at radius 3 is 2.31 bits per heavy atom. The van der Waals surface area contributed by atoms with Crippen LogP contribution in [0.1, 0.15) is 29.9 Å². The highest BCUT2D eigenvalue weighted by molar-refractivity contribution is 7.89. The highest BCUT2D eigenvalue weighted by Gasteiger charge is 2.25. The second kappa shape index (κ2) is 7.39. The van der Waals surface area contributed by atoms with Gasteiger partial charge >= 0.3 is 0 Å². The number of nitrogens with zero attached hydrogens (tertiary/aromatic N) is 2. The van der Waals surface area contributed by atoms with Crippen molar-refractivity contribution in [2.75, 3.05) is 0 Å². The van der Waals surface area contributed by atoms with Gasteiger partial charge in [0.05, 0.1) is 4.90 Å². The van der Waals surface area contributed by atoms with E-state index in [0.717, 1.165) is 12.0 Å². The minimum Gasteiger partial charge on any atom is -0.336 e. The van der Waals surface area contributed by atoms with Gasteiger partial charge in [0.2, 0.25) is 10.0 Å². The summed E-state index contributed by atoms with van der Waals surface area (Å²) in [4.78, 5) is 4.44. The Labute approximate surface area is 152 Å². The molecule has 26 heavy (non-hydrogen) atoms. The van der Waals surface area contributed by atoms with E-state index < -0.39 is 16.1 Å². The first-order valence-corrected chi connectivity index (χ1v) is 9.73. The highest BCUT2D eigenvalue weighted by atomic mass is 32.2. The van der Waals surface area contributed by atoms with Crippen molar-refractivity contribution >= 4 is 10.0 Å². The fourth-order valence-corrected chi connectivity index (χ4v) is 3.89. The van der Waals surface area contributed by atoms with Gasteiger partial charge in [-0.3, -0.25) is 0 Å². The van der Waals surface area contributed by atoms with Crippen LogP contribution in [0.2, 0.25) is 0 Å². The summed E-state index contributed by atoms with van der Waals surface area (Å²) in [6.07, 6.45) is 4.16. The molecule has 1 unspecified atom stereocenters. The van der Waals surface area contributed by atoms with Gasteiger partial charge in [-0.1, -0.05) is 31.2 Å². The number of hydrogen-bond donors (Lipinski definition) is 1. The van der Waals surface area contributed by atoms with Crippen molar-refractivity contribution in [2.24, 2.45) is 7.05 Å². The van der Waals surface area contributed by atoms with E-state index in [1.165, 1.54) is 12.1 Å². The Kier molecular flexibility index (Phi) is 5.20. The Balaban J connectivity index is 1.99. The maximum Gasteiger partial charge on any atom is 0.241 e. The lowest BCUT2D eigenvalue weighted by atomic mass is 10.1. The van der Waals surface area contributed by atoms with Crippen LogP contribution in [0.3, 0.4) is 0 Å². The Hall–Kier alpha value is -2.51. The molecule has 0 aliphatic carbocycles. The quantitative estimate of drug-likeness (QED) is 0.722. The molecule has 0 aliphatic heterocycles. The highest BCUT2D eigenvalue weighted by Crippen LogP contribution is 2.24. The van der Waals surface area contributed by atoms with Gasteiger partial charge in [0.15, 0.2) is 0 Å². The van der Waals surface area contributed by atoms with Crippen LogP contribution in [0.15, 0.2) is 65.8 Å². The third-order valence-corrected chi connectivity index (χ3v) is 5.67. The lowest BCUT2D eigenvalue weighted by Crippen LogP contribution is -2.31. The van der Waals surface area contributed by atoms with Gasteiger partial charge in [-0.25, -0.2) is 17.8 Å². The van der Waals surface area contributed by atoms with E-state index in [0.29, 0.717) is 11.4 Å². The molecule has 0 radical (unpaired) electrons. The summed E-state index contributed by atoms with van der Waals surface area (Å²) in [5, 5.41) is 0. The van der Waals surface area contributed by atoms with Gasteiger partial charge in [0.1, 0.15) is 17.7 Å². The molecule has 0 saturated heterocycles. The maximum absolute atomic E-state index is 13.3. The molecule has 1 atom stereocenters. The smallest absolute Gasteiger partial charge is 0.241 e. The number of hydrogen-bond acceptors (Lipinski definition) is 3. The number of sulfonamides is 1. The second-order valence-corrected chi connectivity index (χ2v) is 7.71. The van der Waals surface area contributed by atoms with E-state index in [1.54, 1.807) is 60.4 Å². The molecule has 2 aromatic carbocycles. The van der Waals surface area contributed by atoms with Crippen molar-refractivity contribution < 1.29 is 12.8 Å². The van der Waals surface area contributed by atoms with Gasteiger partial charge in [0, 0.05) is 19.4 Å². The van der Waals surface area contributed by atoms with E-state index in [-0.39, 0.29) is 10.7 Å². The van der Waals surface area contributed by atoms with E-state index >= 15 is 0 Å². The molecular formula is C19H20FN3O2S. The normalized spacial score (nSPS) is 12.9. The molecule has 0 saturated carbocycles. The summed E-state index contributed by atoms with van der Waals surface area (Å²) >= 11 is 0. The van der Waals surface area contributed by atoms with Crippen LogP contribution in [0.4, 0.5) is 4.39 Å². The van der Waals surface area contributed by atoms with Gasteiger partial charge in [-0.15, -0.1) is 0 Å². The van der Waals surface area contributed by atoms with Crippen LogP contribution in [0, 0.1) is 5.82 Å². The van der Waals surface area contributed by atoms with E-state index in [1.807, 2.05) is 6.92 Å². The molecule has 3 rings (SSSR count). The number of halogens is 1. The topological polar surface area (TPSA) is 64.0 Å². The minimum absolute atomic E-state index is 0.177. The van der Waals surface area contributed by atoms with Gasteiger partial charge in [0.25, 0.3) is 0 Å². The zero-order valence-corrected chi connectivity index (χ0v) is 15.4. The lowest BCUT2D eigenvalue weighted by Gasteiger charge is -2.19. The fourth-order valence-electron chi connectivity index (χ4n) is 2.71. The van der Waals surface area contributed by atoms with Crippen molar-refractivity contribution in [3.8, 4) is 0 Å². The maximum atomic E-state index is 13.3. The minimum atomic E-state index is -3.78.